The largest absolute Gasteiger partial charge is 0.493 e. The van der Waals surface area contributed by atoms with Gasteiger partial charge in [0.05, 0.1) is 13.0 Å². The Kier molecular flexibility index (Phi) is 6.21. The van der Waals surface area contributed by atoms with Gasteiger partial charge in [0.15, 0.2) is 0 Å². The van der Waals surface area contributed by atoms with Gasteiger partial charge in [-0.15, -0.1) is 0 Å². The second-order valence-electron chi connectivity index (χ2n) is 5.90. The van der Waals surface area contributed by atoms with Crippen molar-refractivity contribution in [2.45, 2.75) is 6.42 Å². The van der Waals surface area contributed by atoms with Gasteiger partial charge in [-0.25, -0.2) is 0 Å². The van der Waals surface area contributed by atoms with Crippen LogP contribution in [0, 0.1) is 0 Å². The number of amides is 1. The van der Waals surface area contributed by atoms with Crippen LogP contribution in [0.5, 0.6) is 5.75 Å². The van der Waals surface area contributed by atoms with Crippen molar-refractivity contribution in [1.29, 1.82) is 0 Å². The van der Waals surface area contributed by atoms with E-state index in [9.17, 15) is 4.79 Å². The van der Waals surface area contributed by atoms with Crippen molar-refractivity contribution in [3.05, 3.63) is 58.0 Å². The zero-order valence-electron chi connectivity index (χ0n) is 13.8. The lowest BCUT2D eigenvalue weighted by atomic mass is 10.2. The highest BCUT2D eigenvalue weighted by Gasteiger charge is 2.21. The molecule has 0 bridgehead atoms. The summed E-state index contributed by atoms with van der Waals surface area (Å²) in [6.45, 7) is 3.48. The highest BCUT2D eigenvalue weighted by Crippen LogP contribution is 2.21. The molecule has 2 aromatic carbocycles. The van der Waals surface area contributed by atoms with Crippen LogP contribution < -0.4 is 9.64 Å². The van der Waals surface area contributed by atoms with E-state index in [0.717, 1.165) is 47.1 Å². The summed E-state index contributed by atoms with van der Waals surface area (Å²) in [5.41, 5.74) is 1.11. The number of hydrogen-bond acceptors (Lipinski definition) is 3. The Morgan fingerprint density at radius 2 is 1.84 bits per heavy atom. The first-order valence-corrected chi connectivity index (χ1v) is 9.45. The molecule has 132 valence electrons. The zero-order valence-corrected chi connectivity index (χ0v) is 16.2. The molecule has 0 N–H and O–H groups in total. The Hall–Kier alpha value is -1.72. The van der Waals surface area contributed by atoms with E-state index in [2.05, 4.69) is 26.9 Å². The Labute approximate surface area is 161 Å². The number of carbonyl (C=O) groups excluding carboxylic acids is 1. The predicted molar refractivity (Wildman–Crippen MR) is 104 cm³/mol. The lowest BCUT2D eigenvalue weighted by Crippen LogP contribution is -2.49. The average molecular weight is 424 g/mol. The van der Waals surface area contributed by atoms with Gasteiger partial charge in [-0.05, 0) is 36.4 Å². The van der Waals surface area contributed by atoms with Gasteiger partial charge in [-0.1, -0.05) is 39.7 Å². The van der Waals surface area contributed by atoms with Crippen LogP contribution in [0.25, 0.3) is 0 Å². The predicted octanol–water partition coefficient (Wildman–Crippen LogP) is 4.22. The van der Waals surface area contributed by atoms with Crippen LogP contribution in [-0.2, 0) is 4.79 Å². The van der Waals surface area contributed by atoms with Gasteiger partial charge in [0.25, 0.3) is 0 Å². The molecule has 0 saturated carbocycles. The van der Waals surface area contributed by atoms with E-state index in [-0.39, 0.29) is 5.91 Å². The molecule has 1 fully saturated rings. The molecule has 0 unspecified atom stereocenters. The molecule has 1 saturated heterocycles. The van der Waals surface area contributed by atoms with Gasteiger partial charge in [-0.2, -0.15) is 0 Å². The van der Waals surface area contributed by atoms with Crippen molar-refractivity contribution in [2.75, 3.05) is 37.7 Å². The third kappa shape index (κ3) is 5.13. The molecule has 1 aliphatic heterocycles. The fraction of sp³-hybridized carbons (Fsp3) is 0.316. The molecule has 0 spiro atoms. The summed E-state index contributed by atoms with van der Waals surface area (Å²) < 4.78 is 6.62. The monoisotopic (exact) mass is 422 g/mol. The van der Waals surface area contributed by atoms with Gasteiger partial charge in [0.2, 0.25) is 5.91 Å². The lowest BCUT2D eigenvalue weighted by Gasteiger charge is -2.36. The molecule has 6 heteroatoms. The Morgan fingerprint density at radius 3 is 2.56 bits per heavy atom. The number of hydrogen-bond donors (Lipinski definition) is 0. The van der Waals surface area contributed by atoms with Crippen molar-refractivity contribution < 1.29 is 9.53 Å². The average Bonchev–Trinajstić information content (AvgIpc) is 2.62. The first kappa shape index (κ1) is 18.1. The van der Waals surface area contributed by atoms with Crippen LogP contribution >= 0.6 is 27.5 Å². The van der Waals surface area contributed by atoms with E-state index in [0.29, 0.717) is 13.0 Å². The van der Waals surface area contributed by atoms with Gasteiger partial charge in [0.1, 0.15) is 5.75 Å². The highest BCUT2D eigenvalue weighted by atomic mass is 79.9. The molecule has 0 aliphatic carbocycles. The van der Waals surface area contributed by atoms with Gasteiger partial charge in [-0.3, -0.25) is 4.79 Å². The quantitative estimate of drug-likeness (QED) is 0.722. The summed E-state index contributed by atoms with van der Waals surface area (Å²) in [7, 11) is 0. The maximum absolute atomic E-state index is 12.3. The number of halogens is 2. The van der Waals surface area contributed by atoms with Crippen molar-refractivity contribution in [1.82, 2.24) is 4.90 Å². The number of carbonyl (C=O) groups is 1. The maximum atomic E-state index is 12.3. The van der Waals surface area contributed by atoms with Crippen molar-refractivity contribution in [3.63, 3.8) is 0 Å². The molecular formula is C19H20BrClN2O2. The minimum Gasteiger partial charge on any atom is -0.493 e. The van der Waals surface area contributed by atoms with E-state index in [1.807, 2.05) is 47.4 Å². The SMILES string of the molecule is O=C(CCOc1cccc(Br)c1)N1CCN(c2cccc(Cl)c2)CC1. The number of piperazine rings is 1. The van der Waals surface area contributed by atoms with E-state index >= 15 is 0 Å². The summed E-state index contributed by atoms with van der Waals surface area (Å²) >= 11 is 9.46. The fourth-order valence-corrected chi connectivity index (χ4v) is 3.42. The number of anilines is 1. The third-order valence-electron chi connectivity index (χ3n) is 4.19. The third-order valence-corrected chi connectivity index (χ3v) is 4.91. The zero-order chi connectivity index (χ0) is 17.6. The lowest BCUT2D eigenvalue weighted by molar-refractivity contribution is -0.132. The minimum absolute atomic E-state index is 0.140. The molecule has 1 aliphatic rings. The van der Waals surface area contributed by atoms with E-state index in [4.69, 9.17) is 16.3 Å². The van der Waals surface area contributed by atoms with Gasteiger partial charge >= 0.3 is 0 Å². The van der Waals surface area contributed by atoms with E-state index in [1.165, 1.54) is 0 Å². The maximum Gasteiger partial charge on any atom is 0.226 e. The minimum atomic E-state index is 0.140. The van der Waals surface area contributed by atoms with Crippen LogP contribution in [0.3, 0.4) is 0 Å². The molecule has 3 rings (SSSR count). The second-order valence-corrected chi connectivity index (χ2v) is 7.26. The van der Waals surface area contributed by atoms with Crippen molar-refractivity contribution in [3.8, 4) is 5.75 Å². The Morgan fingerprint density at radius 1 is 1.08 bits per heavy atom. The van der Waals surface area contributed by atoms with Crippen LogP contribution in [0.4, 0.5) is 5.69 Å². The van der Waals surface area contributed by atoms with Gasteiger partial charge < -0.3 is 14.5 Å². The van der Waals surface area contributed by atoms with Crippen molar-refractivity contribution in [2.24, 2.45) is 0 Å². The normalized spacial score (nSPS) is 14.5. The molecular weight excluding hydrogens is 404 g/mol. The van der Waals surface area contributed by atoms with E-state index < -0.39 is 0 Å². The molecule has 0 atom stereocenters. The fourth-order valence-electron chi connectivity index (χ4n) is 2.86. The standard InChI is InChI=1S/C19H20BrClN2O2/c20-15-3-1-6-18(13-15)25-12-7-19(24)23-10-8-22(9-11-23)17-5-2-4-16(21)14-17/h1-6,13-14H,7-12H2. The Bertz CT molecular complexity index is 733. The Balaban J connectivity index is 1.44. The molecule has 0 aromatic heterocycles. The molecule has 25 heavy (non-hydrogen) atoms. The van der Waals surface area contributed by atoms with Crippen molar-refractivity contribution >= 4 is 39.1 Å². The number of rotatable bonds is 5. The summed E-state index contributed by atoms with van der Waals surface area (Å²) in [5, 5.41) is 0.737. The number of ether oxygens (including phenoxy) is 1. The van der Waals surface area contributed by atoms with Crippen LogP contribution in [-0.4, -0.2) is 43.6 Å². The summed E-state index contributed by atoms with van der Waals surface area (Å²) in [6, 6.07) is 15.5. The smallest absolute Gasteiger partial charge is 0.226 e. The molecule has 0 radical (unpaired) electrons. The molecule has 4 nitrogen and oxygen atoms in total. The number of benzene rings is 2. The topological polar surface area (TPSA) is 32.8 Å². The second kappa shape index (κ2) is 8.59. The first-order chi connectivity index (χ1) is 12.1. The first-order valence-electron chi connectivity index (χ1n) is 8.28. The molecule has 2 aromatic rings. The molecule has 1 heterocycles. The van der Waals surface area contributed by atoms with Gasteiger partial charge in [0, 0.05) is 41.4 Å². The van der Waals surface area contributed by atoms with Crippen LogP contribution in [0.1, 0.15) is 6.42 Å². The van der Waals surface area contributed by atoms with Crippen LogP contribution in [0.2, 0.25) is 5.02 Å². The molecule has 1 amide bonds. The summed E-state index contributed by atoms with van der Waals surface area (Å²) in [6.07, 6.45) is 0.393. The van der Waals surface area contributed by atoms with E-state index in [1.54, 1.807) is 0 Å². The summed E-state index contributed by atoms with van der Waals surface area (Å²) in [5.74, 6) is 0.911. The highest BCUT2D eigenvalue weighted by molar-refractivity contribution is 9.10. The number of nitrogens with zero attached hydrogens (tertiary/aromatic N) is 2. The summed E-state index contributed by atoms with van der Waals surface area (Å²) in [4.78, 5) is 16.5. The van der Waals surface area contributed by atoms with Crippen LogP contribution in [0.15, 0.2) is 53.0 Å².